The van der Waals surface area contributed by atoms with Crippen molar-refractivity contribution in [3.8, 4) is 5.75 Å². The second kappa shape index (κ2) is 8.36. The Morgan fingerprint density at radius 2 is 1.86 bits per heavy atom. The maximum absolute atomic E-state index is 11.5. The highest BCUT2D eigenvalue weighted by molar-refractivity contribution is 6.06. The molecule has 112 valence electrons. The number of hydrogen-bond acceptors (Lipinski definition) is 4. The number of urea groups is 1. The first kappa shape index (κ1) is 16.2. The number of ether oxygens (including phenoxy) is 1. The predicted octanol–water partition coefficient (Wildman–Crippen LogP) is 1.76. The van der Waals surface area contributed by atoms with Crippen LogP contribution in [0.1, 0.15) is 13.3 Å². The van der Waals surface area contributed by atoms with Crippen LogP contribution in [-0.2, 0) is 9.59 Å². The second-order valence-electron chi connectivity index (χ2n) is 3.99. The van der Waals surface area contributed by atoms with E-state index in [-0.39, 0.29) is 0 Å². The molecule has 0 radical (unpaired) electrons. The van der Waals surface area contributed by atoms with Crippen molar-refractivity contribution in [2.45, 2.75) is 13.3 Å². The number of anilines is 1. The molecule has 1 aromatic carbocycles. The van der Waals surface area contributed by atoms with Crippen molar-refractivity contribution >= 4 is 23.6 Å². The van der Waals surface area contributed by atoms with E-state index >= 15 is 0 Å². The van der Waals surface area contributed by atoms with Gasteiger partial charge in [-0.1, -0.05) is 6.92 Å². The number of carbonyl (C=O) groups excluding carboxylic acids is 2. The number of rotatable bonds is 6. The Kier molecular flexibility index (Phi) is 6.46. The number of carbonyl (C=O) groups is 3. The van der Waals surface area contributed by atoms with Gasteiger partial charge < -0.3 is 15.2 Å². The molecule has 0 saturated carbocycles. The van der Waals surface area contributed by atoms with Crippen molar-refractivity contribution in [2.24, 2.45) is 0 Å². The summed E-state index contributed by atoms with van der Waals surface area (Å²) in [7, 11) is 0. The van der Waals surface area contributed by atoms with Crippen LogP contribution < -0.4 is 15.4 Å². The van der Waals surface area contributed by atoms with Gasteiger partial charge in [-0.15, -0.1) is 0 Å². The van der Waals surface area contributed by atoms with E-state index in [1.54, 1.807) is 24.3 Å². The number of aliphatic carboxylic acids is 1. The molecule has 0 aromatic heterocycles. The molecule has 3 N–H and O–H groups in total. The van der Waals surface area contributed by atoms with Gasteiger partial charge in [-0.05, 0) is 30.7 Å². The number of benzene rings is 1. The van der Waals surface area contributed by atoms with Crippen molar-refractivity contribution in [1.29, 1.82) is 0 Å². The lowest BCUT2D eigenvalue weighted by molar-refractivity contribution is -0.131. The van der Waals surface area contributed by atoms with Crippen LogP contribution >= 0.6 is 0 Å². The van der Waals surface area contributed by atoms with Crippen LogP contribution in [0.15, 0.2) is 36.4 Å². The molecule has 1 rings (SSSR count). The van der Waals surface area contributed by atoms with Crippen LogP contribution in [0.4, 0.5) is 10.5 Å². The summed E-state index contributed by atoms with van der Waals surface area (Å²) in [5, 5.41) is 12.7. The molecule has 0 bridgehead atoms. The molecule has 0 aliphatic rings. The van der Waals surface area contributed by atoms with Crippen molar-refractivity contribution < 1.29 is 24.2 Å². The zero-order valence-electron chi connectivity index (χ0n) is 11.5. The van der Waals surface area contributed by atoms with Gasteiger partial charge in [-0.25, -0.2) is 9.59 Å². The summed E-state index contributed by atoms with van der Waals surface area (Å²) < 4.78 is 5.39. The number of carboxylic acid groups (broad SMARTS) is 1. The molecule has 0 heterocycles. The maximum atomic E-state index is 11.5. The normalized spacial score (nSPS) is 10.1. The fraction of sp³-hybridized carbons (Fsp3) is 0.214. The lowest BCUT2D eigenvalue weighted by Gasteiger charge is -2.07. The molecule has 21 heavy (non-hydrogen) atoms. The Hall–Kier alpha value is -2.83. The molecule has 1 aromatic rings. The molecule has 0 spiro atoms. The van der Waals surface area contributed by atoms with E-state index < -0.39 is 17.9 Å². The standard InChI is InChI=1S/C14H16N2O5/c1-2-9-21-11-5-3-10(4-6-11)15-14(20)16-12(17)7-8-13(18)19/h3-8H,2,9H2,1H3,(H,18,19)(H2,15,16,17,20). The average Bonchev–Trinajstić information content (AvgIpc) is 2.44. The quantitative estimate of drug-likeness (QED) is 0.693. The zero-order chi connectivity index (χ0) is 15.7. The Morgan fingerprint density at radius 3 is 2.43 bits per heavy atom. The van der Waals surface area contributed by atoms with E-state index in [9.17, 15) is 14.4 Å². The van der Waals surface area contributed by atoms with Gasteiger partial charge in [0.2, 0.25) is 0 Å². The molecule has 7 nitrogen and oxygen atoms in total. The van der Waals surface area contributed by atoms with Crippen molar-refractivity contribution in [3.05, 3.63) is 36.4 Å². The first-order valence-electron chi connectivity index (χ1n) is 6.27. The summed E-state index contributed by atoms with van der Waals surface area (Å²) in [6.07, 6.45) is 2.29. The van der Waals surface area contributed by atoms with Gasteiger partial charge in [0.1, 0.15) is 5.75 Å². The smallest absolute Gasteiger partial charge is 0.328 e. The third-order valence-corrected chi connectivity index (χ3v) is 2.20. The first-order chi connectivity index (χ1) is 10.0. The van der Waals surface area contributed by atoms with E-state index in [0.717, 1.165) is 12.5 Å². The first-order valence-corrected chi connectivity index (χ1v) is 6.27. The van der Waals surface area contributed by atoms with Gasteiger partial charge in [0.05, 0.1) is 6.61 Å². The Labute approximate surface area is 121 Å². The molecule has 3 amide bonds. The monoisotopic (exact) mass is 292 g/mol. The molecule has 0 aliphatic carbocycles. The Morgan fingerprint density at radius 1 is 1.19 bits per heavy atom. The summed E-state index contributed by atoms with van der Waals surface area (Å²) in [6, 6.07) is 5.89. The minimum atomic E-state index is -1.27. The van der Waals surface area contributed by atoms with Crippen LogP contribution in [-0.4, -0.2) is 29.6 Å². The molecule has 0 unspecified atom stereocenters. The Bertz CT molecular complexity index is 537. The molecular formula is C14H16N2O5. The highest BCUT2D eigenvalue weighted by atomic mass is 16.5. The van der Waals surface area contributed by atoms with Gasteiger partial charge in [-0.2, -0.15) is 0 Å². The number of nitrogens with one attached hydrogen (secondary N) is 2. The van der Waals surface area contributed by atoms with Crippen LogP contribution in [0.25, 0.3) is 0 Å². The number of hydrogen-bond donors (Lipinski definition) is 3. The highest BCUT2D eigenvalue weighted by Gasteiger charge is 2.05. The lowest BCUT2D eigenvalue weighted by atomic mass is 10.3. The fourth-order valence-corrected chi connectivity index (χ4v) is 1.32. The molecular weight excluding hydrogens is 276 g/mol. The minimum Gasteiger partial charge on any atom is -0.494 e. The summed E-state index contributed by atoms with van der Waals surface area (Å²) in [6.45, 7) is 2.60. The largest absolute Gasteiger partial charge is 0.494 e. The van der Waals surface area contributed by atoms with Crippen molar-refractivity contribution in [1.82, 2.24) is 5.32 Å². The van der Waals surface area contributed by atoms with Gasteiger partial charge in [0.25, 0.3) is 5.91 Å². The number of imide groups is 1. The number of carboxylic acids is 1. The van der Waals surface area contributed by atoms with Crippen LogP contribution in [0.2, 0.25) is 0 Å². The lowest BCUT2D eigenvalue weighted by Crippen LogP contribution is -2.33. The molecule has 7 heteroatoms. The van der Waals surface area contributed by atoms with Crippen LogP contribution in [0, 0.1) is 0 Å². The predicted molar refractivity (Wildman–Crippen MR) is 76.2 cm³/mol. The van der Waals surface area contributed by atoms with Gasteiger partial charge in [0, 0.05) is 17.8 Å². The molecule has 0 saturated heterocycles. The fourth-order valence-electron chi connectivity index (χ4n) is 1.32. The molecule has 0 aliphatic heterocycles. The van der Waals surface area contributed by atoms with E-state index in [4.69, 9.17) is 9.84 Å². The van der Waals surface area contributed by atoms with Gasteiger partial charge >= 0.3 is 12.0 Å². The van der Waals surface area contributed by atoms with E-state index in [0.29, 0.717) is 24.1 Å². The Balaban J connectivity index is 2.47. The third kappa shape index (κ3) is 6.76. The van der Waals surface area contributed by atoms with Gasteiger partial charge in [0.15, 0.2) is 0 Å². The number of amides is 3. The van der Waals surface area contributed by atoms with Crippen LogP contribution in [0.3, 0.4) is 0 Å². The topological polar surface area (TPSA) is 105 Å². The SMILES string of the molecule is CCCOc1ccc(NC(=O)NC(=O)C=CC(=O)O)cc1. The molecule has 0 fully saturated rings. The highest BCUT2D eigenvalue weighted by Crippen LogP contribution is 2.15. The third-order valence-electron chi connectivity index (χ3n) is 2.20. The van der Waals surface area contributed by atoms with Crippen LogP contribution in [0.5, 0.6) is 5.75 Å². The summed E-state index contributed by atoms with van der Waals surface area (Å²) in [5.41, 5.74) is 0.478. The molecule has 0 atom stereocenters. The van der Waals surface area contributed by atoms with Gasteiger partial charge in [-0.3, -0.25) is 10.1 Å². The van der Waals surface area contributed by atoms with E-state index in [2.05, 4.69) is 5.32 Å². The van der Waals surface area contributed by atoms with E-state index in [1.165, 1.54) is 0 Å². The van der Waals surface area contributed by atoms with Crippen molar-refractivity contribution in [2.75, 3.05) is 11.9 Å². The summed E-state index contributed by atoms with van der Waals surface area (Å²) >= 11 is 0. The van der Waals surface area contributed by atoms with Crippen molar-refractivity contribution in [3.63, 3.8) is 0 Å². The summed E-state index contributed by atoms with van der Waals surface area (Å²) in [4.78, 5) is 32.9. The minimum absolute atomic E-state index is 0.478. The zero-order valence-corrected chi connectivity index (χ0v) is 11.5. The second-order valence-corrected chi connectivity index (χ2v) is 3.99. The maximum Gasteiger partial charge on any atom is 0.328 e. The average molecular weight is 292 g/mol. The van der Waals surface area contributed by atoms with E-state index in [1.807, 2.05) is 12.2 Å². The summed E-state index contributed by atoms with van der Waals surface area (Å²) in [5.74, 6) is -1.41.